The van der Waals surface area contributed by atoms with Crippen LogP contribution >= 0.6 is 0 Å². The lowest BCUT2D eigenvalue weighted by Crippen LogP contribution is -2.41. The highest BCUT2D eigenvalue weighted by atomic mass is 16.5. The molecule has 0 N–H and O–H groups in total. The topological polar surface area (TPSA) is 53.3 Å². The van der Waals surface area contributed by atoms with Crippen LogP contribution in [0, 0.1) is 18.3 Å². The largest absolute Gasteiger partial charge is 0.490 e. The van der Waals surface area contributed by atoms with E-state index in [1.54, 1.807) is 24.3 Å². The van der Waals surface area contributed by atoms with Crippen LogP contribution in [0.15, 0.2) is 54.6 Å². The Bertz CT molecular complexity index is 826. The standard InChI is InChI=1S/C22H22N2O2/c1-17-5-8-20(9-6-17)26-21-11-13-24(14-12-21)22(25)10-7-18-3-2-4-19(15-18)16-23/h2-10,15,21H,11-14H2,1H3/b10-7+. The molecule has 2 aromatic carbocycles. The number of amides is 1. The highest BCUT2D eigenvalue weighted by molar-refractivity contribution is 5.91. The van der Waals surface area contributed by atoms with Crippen molar-refractivity contribution in [3.8, 4) is 11.8 Å². The van der Waals surface area contributed by atoms with Gasteiger partial charge in [-0.1, -0.05) is 29.8 Å². The molecule has 26 heavy (non-hydrogen) atoms. The molecule has 1 aliphatic heterocycles. The number of benzene rings is 2. The molecule has 0 atom stereocenters. The second kappa shape index (κ2) is 8.35. The van der Waals surface area contributed by atoms with Gasteiger partial charge in [-0.2, -0.15) is 5.26 Å². The van der Waals surface area contributed by atoms with Crippen LogP contribution in [0.1, 0.15) is 29.5 Å². The predicted octanol–water partition coefficient (Wildman–Crippen LogP) is 3.95. The molecule has 2 aromatic rings. The number of carbonyl (C=O) groups excluding carboxylic acids is 1. The average molecular weight is 346 g/mol. The number of hydrogen-bond donors (Lipinski definition) is 0. The minimum absolute atomic E-state index is 0.00106. The lowest BCUT2D eigenvalue weighted by molar-refractivity contribution is -0.127. The number of ether oxygens (including phenoxy) is 1. The summed E-state index contributed by atoms with van der Waals surface area (Å²) in [4.78, 5) is 14.2. The van der Waals surface area contributed by atoms with E-state index < -0.39 is 0 Å². The fourth-order valence-electron chi connectivity index (χ4n) is 2.99. The van der Waals surface area contributed by atoms with Crippen molar-refractivity contribution in [2.75, 3.05) is 13.1 Å². The summed E-state index contributed by atoms with van der Waals surface area (Å²) in [5, 5.41) is 8.93. The van der Waals surface area contributed by atoms with E-state index in [2.05, 4.69) is 13.0 Å². The van der Waals surface area contributed by atoms with Crippen molar-refractivity contribution in [2.45, 2.75) is 25.9 Å². The molecule has 1 aliphatic rings. The van der Waals surface area contributed by atoms with E-state index in [1.807, 2.05) is 41.3 Å². The van der Waals surface area contributed by atoms with Crippen molar-refractivity contribution < 1.29 is 9.53 Å². The molecule has 0 aliphatic carbocycles. The fourth-order valence-corrected chi connectivity index (χ4v) is 2.99. The van der Waals surface area contributed by atoms with Crippen molar-refractivity contribution in [3.63, 3.8) is 0 Å². The summed E-state index contributed by atoms with van der Waals surface area (Å²) in [6.45, 7) is 3.44. The molecule has 4 heteroatoms. The first-order valence-corrected chi connectivity index (χ1v) is 8.84. The van der Waals surface area contributed by atoms with Crippen molar-refractivity contribution >= 4 is 12.0 Å². The molecular formula is C22H22N2O2. The first-order valence-electron chi connectivity index (χ1n) is 8.84. The fraction of sp³-hybridized carbons (Fsp3) is 0.273. The third-order valence-corrected chi connectivity index (χ3v) is 4.51. The summed E-state index contributed by atoms with van der Waals surface area (Å²) in [6, 6.07) is 17.4. The maximum atomic E-state index is 12.4. The van der Waals surface area contributed by atoms with Gasteiger partial charge in [0.2, 0.25) is 5.91 Å². The lowest BCUT2D eigenvalue weighted by Gasteiger charge is -2.31. The van der Waals surface area contributed by atoms with E-state index in [0.29, 0.717) is 18.7 Å². The molecule has 1 amide bonds. The summed E-state index contributed by atoms with van der Waals surface area (Å²) in [5.74, 6) is 0.888. The normalized spacial score (nSPS) is 15.0. The molecule has 1 saturated heterocycles. The Morgan fingerprint density at radius 3 is 2.62 bits per heavy atom. The number of nitrogens with zero attached hydrogens (tertiary/aromatic N) is 2. The molecule has 3 rings (SSSR count). The number of nitriles is 1. The highest BCUT2D eigenvalue weighted by Crippen LogP contribution is 2.20. The van der Waals surface area contributed by atoms with Crippen molar-refractivity contribution in [2.24, 2.45) is 0 Å². The minimum atomic E-state index is 0.00106. The molecule has 1 fully saturated rings. The number of rotatable bonds is 4. The van der Waals surface area contributed by atoms with Gasteiger partial charge >= 0.3 is 0 Å². The maximum absolute atomic E-state index is 12.4. The Hall–Kier alpha value is -3.06. The molecule has 0 saturated carbocycles. The Morgan fingerprint density at radius 1 is 1.19 bits per heavy atom. The molecule has 132 valence electrons. The van der Waals surface area contributed by atoms with Gasteiger partial charge in [0, 0.05) is 32.0 Å². The maximum Gasteiger partial charge on any atom is 0.246 e. The van der Waals surface area contributed by atoms with E-state index in [0.717, 1.165) is 24.2 Å². The molecular weight excluding hydrogens is 324 g/mol. The Balaban J connectivity index is 1.51. The summed E-state index contributed by atoms with van der Waals surface area (Å²) >= 11 is 0. The van der Waals surface area contributed by atoms with Gasteiger partial charge in [0.05, 0.1) is 11.6 Å². The third kappa shape index (κ3) is 4.73. The number of carbonyl (C=O) groups is 1. The third-order valence-electron chi connectivity index (χ3n) is 4.51. The van der Waals surface area contributed by atoms with Crippen LogP contribution in [0.5, 0.6) is 5.75 Å². The van der Waals surface area contributed by atoms with Crippen molar-refractivity contribution in [3.05, 3.63) is 71.3 Å². The van der Waals surface area contributed by atoms with Gasteiger partial charge in [-0.25, -0.2) is 0 Å². The molecule has 0 bridgehead atoms. The highest BCUT2D eigenvalue weighted by Gasteiger charge is 2.22. The minimum Gasteiger partial charge on any atom is -0.490 e. The van der Waals surface area contributed by atoms with Crippen molar-refractivity contribution in [1.82, 2.24) is 4.90 Å². The van der Waals surface area contributed by atoms with E-state index in [9.17, 15) is 4.79 Å². The average Bonchev–Trinajstić information content (AvgIpc) is 2.68. The number of piperidine rings is 1. The van der Waals surface area contributed by atoms with Gasteiger partial charge < -0.3 is 9.64 Å². The number of hydrogen-bond acceptors (Lipinski definition) is 3. The molecule has 4 nitrogen and oxygen atoms in total. The van der Waals surface area contributed by atoms with Gasteiger partial charge in [-0.15, -0.1) is 0 Å². The zero-order valence-electron chi connectivity index (χ0n) is 14.9. The van der Waals surface area contributed by atoms with Crippen LogP contribution in [0.3, 0.4) is 0 Å². The summed E-state index contributed by atoms with van der Waals surface area (Å²) < 4.78 is 6.01. The lowest BCUT2D eigenvalue weighted by atomic mass is 10.1. The first-order chi connectivity index (χ1) is 12.6. The van der Waals surface area contributed by atoms with Gasteiger partial charge in [-0.05, 0) is 42.8 Å². The zero-order valence-corrected chi connectivity index (χ0v) is 14.9. The van der Waals surface area contributed by atoms with Crippen LogP contribution in [-0.4, -0.2) is 30.0 Å². The van der Waals surface area contributed by atoms with Gasteiger partial charge in [0.25, 0.3) is 0 Å². The number of likely N-dealkylation sites (tertiary alicyclic amines) is 1. The van der Waals surface area contributed by atoms with E-state index >= 15 is 0 Å². The molecule has 0 unspecified atom stereocenters. The van der Waals surface area contributed by atoms with E-state index in [4.69, 9.17) is 10.00 Å². The van der Waals surface area contributed by atoms with Crippen LogP contribution in [-0.2, 0) is 4.79 Å². The SMILES string of the molecule is Cc1ccc(OC2CCN(C(=O)/C=C/c3cccc(C#N)c3)CC2)cc1. The summed E-state index contributed by atoms with van der Waals surface area (Å²) in [7, 11) is 0. The quantitative estimate of drug-likeness (QED) is 0.788. The second-order valence-electron chi connectivity index (χ2n) is 6.53. The Labute approximate surface area is 154 Å². The molecule has 0 aromatic heterocycles. The van der Waals surface area contributed by atoms with Crippen LogP contribution in [0.4, 0.5) is 0 Å². The molecule has 0 spiro atoms. The Kier molecular flexibility index (Phi) is 5.70. The smallest absolute Gasteiger partial charge is 0.246 e. The van der Waals surface area contributed by atoms with Gasteiger partial charge in [-0.3, -0.25) is 4.79 Å². The van der Waals surface area contributed by atoms with Crippen LogP contribution < -0.4 is 4.74 Å². The zero-order chi connectivity index (χ0) is 18.4. The van der Waals surface area contributed by atoms with Gasteiger partial charge in [0.1, 0.15) is 11.9 Å². The molecule has 1 heterocycles. The summed E-state index contributed by atoms with van der Waals surface area (Å²) in [6.07, 6.45) is 5.16. The first kappa shape index (κ1) is 17.8. The van der Waals surface area contributed by atoms with Gasteiger partial charge in [0.15, 0.2) is 0 Å². The summed E-state index contributed by atoms with van der Waals surface area (Å²) in [5.41, 5.74) is 2.66. The van der Waals surface area contributed by atoms with Crippen LogP contribution in [0.25, 0.3) is 6.08 Å². The molecule has 0 radical (unpaired) electrons. The Morgan fingerprint density at radius 2 is 1.92 bits per heavy atom. The second-order valence-corrected chi connectivity index (χ2v) is 6.53. The predicted molar refractivity (Wildman–Crippen MR) is 102 cm³/mol. The van der Waals surface area contributed by atoms with E-state index in [1.165, 1.54) is 5.56 Å². The monoisotopic (exact) mass is 346 g/mol. The van der Waals surface area contributed by atoms with E-state index in [-0.39, 0.29) is 12.0 Å². The van der Waals surface area contributed by atoms with Crippen molar-refractivity contribution in [1.29, 1.82) is 5.26 Å². The number of aryl methyl sites for hydroxylation is 1. The van der Waals surface area contributed by atoms with Crippen LogP contribution in [0.2, 0.25) is 0 Å².